The summed E-state index contributed by atoms with van der Waals surface area (Å²) in [5.41, 5.74) is 9.07. The number of aromatic nitrogens is 1. The molecule has 0 aliphatic heterocycles. The van der Waals surface area contributed by atoms with Gasteiger partial charge in [-0.05, 0) is 43.0 Å². The van der Waals surface area contributed by atoms with Crippen molar-refractivity contribution in [1.29, 1.82) is 0 Å². The highest BCUT2D eigenvalue weighted by Gasteiger charge is 2.16. The molecule has 0 aliphatic carbocycles. The molecule has 1 aromatic carbocycles. The molecule has 0 saturated heterocycles. The topological polar surface area (TPSA) is 111 Å². The van der Waals surface area contributed by atoms with Gasteiger partial charge in [-0.1, -0.05) is 13.8 Å². The van der Waals surface area contributed by atoms with Gasteiger partial charge in [0.15, 0.2) is 6.61 Å². The van der Waals surface area contributed by atoms with Crippen molar-refractivity contribution < 1.29 is 23.5 Å². The van der Waals surface area contributed by atoms with Crippen LogP contribution in [0.2, 0.25) is 0 Å². The van der Waals surface area contributed by atoms with E-state index in [1.54, 1.807) is 0 Å². The number of furan rings is 1. The van der Waals surface area contributed by atoms with Gasteiger partial charge in [0.1, 0.15) is 10.6 Å². The van der Waals surface area contributed by atoms with E-state index in [1.165, 1.54) is 23.2 Å². The molecule has 0 fully saturated rings. The zero-order valence-electron chi connectivity index (χ0n) is 17.9. The third kappa shape index (κ3) is 5.91. The van der Waals surface area contributed by atoms with E-state index in [2.05, 4.69) is 29.7 Å². The van der Waals surface area contributed by atoms with Gasteiger partial charge in [0.2, 0.25) is 5.91 Å². The number of ether oxygens (including phenoxy) is 1. The van der Waals surface area contributed by atoms with Gasteiger partial charge in [0.25, 0.3) is 5.91 Å². The molecule has 0 saturated carbocycles. The van der Waals surface area contributed by atoms with Crippen LogP contribution in [0.15, 0.2) is 28.2 Å². The summed E-state index contributed by atoms with van der Waals surface area (Å²) >= 11 is 1.37. The van der Waals surface area contributed by atoms with Gasteiger partial charge in [-0.3, -0.25) is 25.2 Å². The van der Waals surface area contributed by atoms with E-state index in [4.69, 9.17) is 9.15 Å². The summed E-state index contributed by atoms with van der Waals surface area (Å²) in [5, 5.41) is 3.36. The standard InChI is InChI=1S/C22H25N3O5S/c1-12(2)16-7-17-15(9-29-18(17)5-13(16)3)6-22(28)30-10-20(27)25-24-19(26)8-21-23-14(4)11-31-21/h5,7,9,11-12H,6,8,10H2,1-4H3,(H,24,26)(H,25,27). The number of benzene rings is 1. The number of carbonyl (C=O) groups is 3. The highest BCUT2D eigenvalue weighted by molar-refractivity contribution is 7.09. The minimum atomic E-state index is -0.633. The molecule has 8 nitrogen and oxygen atoms in total. The number of carbonyl (C=O) groups excluding carboxylic acids is 3. The van der Waals surface area contributed by atoms with Gasteiger partial charge in [-0.2, -0.15) is 0 Å². The maximum atomic E-state index is 12.2. The van der Waals surface area contributed by atoms with Gasteiger partial charge in [-0.25, -0.2) is 4.98 Å². The minimum absolute atomic E-state index is 0.0172. The molecule has 31 heavy (non-hydrogen) atoms. The highest BCUT2D eigenvalue weighted by Crippen LogP contribution is 2.29. The fourth-order valence-corrected chi connectivity index (χ4v) is 3.97. The Bertz CT molecular complexity index is 1120. The molecule has 0 bridgehead atoms. The lowest BCUT2D eigenvalue weighted by molar-refractivity contribution is -0.148. The van der Waals surface area contributed by atoms with Crippen LogP contribution in [0.1, 0.15) is 47.2 Å². The van der Waals surface area contributed by atoms with E-state index in [0.717, 1.165) is 16.6 Å². The van der Waals surface area contributed by atoms with Crippen LogP contribution in [0.3, 0.4) is 0 Å². The fourth-order valence-electron chi connectivity index (χ4n) is 3.20. The van der Waals surface area contributed by atoms with Crippen LogP contribution < -0.4 is 10.9 Å². The van der Waals surface area contributed by atoms with Crippen LogP contribution in [0.5, 0.6) is 0 Å². The molecule has 0 spiro atoms. The monoisotopic (exact) mass is 443 g/mol. The predicted molar refractivity (Wildman–Crippen MR) is 117 cm³/mol. The molecule has 2 heterocycles. The second-order valence-electron chi connectivity index (χ2n) is 7.61. The maximum absolute atomic E-state index is 12.2. The lowest BCUT2D eigenvalue weighted by Gasteiger charge is -2.10. The quantitative estimate of drug-likeness (QED) is 0.429. The van der Waals surface area contributed by atoms with Crippen molar-refractivity contribution in [3.8, 4) is 0 Å². The number of thiazole rings is 1. The second kappa shape index (κ2) is 9.74. The van der Waals surface area contributed by atoms with E-state index >= 15 is 0 Å². The fraction of sp³-hybridized carbons (Fsp3) is 0.364. The normalized spacial score (nSPS) is 11.0. The van der Waals surface area contributed by atoms with Crippen molar-refractivity contribution in [2.45, 2.75) is 46.5 Å². The molecule has 3 aromatic rings. The van der Waals surface area contributed by atoms with E-state index in [1.807, 2.05) is 31.4 Å². The summed E-state index contributed by atoms with van der Waals surface area (Å²) in [5.74, 6) is -1.26. The first kappa shape index (κ1) is 22.5. The molecule has 0 atom stereocenters. The molecule has 2 N–H and O–H groups in total. The molecule has 2 aromatic heterocycles. The number of aryl methyl sites for hydroxylation is 2. The summed E-state index contributed by atoms with van der Waals surface area (Å²) in [6.07, 6.45) is 1.58. The van der Waals surface area contributed by atoms with Crippen LogP contribution in [-0.2, 0) is 32.0 Å². The number of rotatable bonds is 7. The lowest BCUT2D eigenvalue weighted by atomic mass is 9.95. The van der Waals surface area contributed by atoms with Crippen molar-refractivity contribution in [2.75, 3.05) is 6.61 Å². The molecule has 0 radical (unpaired) electrons. The number of hydrogen-bond acceptors (Lipinski definition) is 7. The van der Waals surface area contributed by atoms with Gasteiger partial charge >= 0.3 is 5.97 Å². The van der Waals surface area contributed by atoms with Gasteiger partial charge in [0.05, 0.1) is 19.1 Å². The zero-order chi connectivity index (χ0) is 22.5. The molecule has 9 heteroatoms. The highest BCUT2D eigenvalue weighted by atomic mass is 32.1. The summed E-state index contributed by atoms with van der Waals surface area (Å²) < 4.78 is 10.6. The van der Waals surface area contributed by atoms with E-state index < -0.39 is 24.4 Å². The molecule has 0 unspecified atom stereocenters. The minimum Gasteiger partial charge on any atom is -0.464 e. The van der Waals surface area contributed by atoms with Gasteiger partial charge in [-0.15, -0.1) is 11.3 Å². The van der Waals surface area contributed by atoms with E-state index in [-0.39, 0.29) is 12.8 Å². The molecule has 2 amide bonds. The second-order valence-corrected chi connectivity index (χ2v) is 8.56. The van der Waals surface area contributed by atoms with Crippen LogP contribution >= 0.6 is 11.3 Å². The Morgan fingerprint density at radius 2 is 1.87 bits per heavy atom. The Morgan fingerprint density at radius 1 is 1.13 bits per heavy atom. The third-order valence-corrected chi connectivity index (χ3v) is 5.65. The SMILES string of the molecule is Cc1csc(CC(=O)NNC(=O)COC(=O)Cc2coc3cc(C)c(C(C)C)cc23)n1. The Balaban J connectivity index is 1.48. The number of nitrogens with one attached hydrogen (secondary N) is 2. The summed E-state index contributed by atoms with van der Waals surface area (Å²) in [6, 6.07) is 4.00. The average Bonchev–Trinajstić information content (AvgIpc) is 3.29. The Hall–Kier alpha value is -3.20. The Labute approximate surface area is 184 Å². The summed E-state index contributed by atoms with van der Waals surface area (Å²) in [6.45, 7) is 7.59. The average molecular weight is 444 g/mol. The summed E-state index contributed by atoms with van der Waals surface area (Å²) in [4.78, 5) is 40.0. The number of esters is 1. The summed E-state index contributed by atoms with van der Waals surface area (Å²) in [7, 11) is 0. The number of amides is 2. The van der Waals surface area contributed by atoms with Crippen molar-refractivity contribution >= 4 is 40.1 Å². The van der Waals surface area contributed by atoms with Gasteiger partial charge in [0, 0.05) is 22.0 Å². The largest absolute Gasteiger partial charge is 0.464 e. The molecule has 0 aliphatic rings. The van der Waals surface area contributed by atoms with Crippen LogP contribution in [-0.4, -0.2) is 29.4 Å². The smallest absolute Gasteiger partial charge is 0.310 e. The van der Waals surface area contributed by atoms with Gasteiger partial charge < -0.3 is 9.15 Å². The Morgan fingerprint density at radius 3 is 2.55 bits per heavy atom. The van der Waals surface area contributed by atoms with Crippen LogP contribution in [0.25, 0.3) is 11.0 Å². The maximum Gasteiger partial charge on any atom is 0.310 e. The number of hydrogen-bond donors (Lipinski definition) is 2. The first-order valence-corrected chi connectivity index (χ1v) is 10.8. The molecule has 164 valence electrons. The Kier molecular flexibility index (Phi) is 7.06. The number of nitrogens with zero attached hydrogens (tertiary/aromatic N) is 1. The molecule has 3 rings (SSSR count). The number of hydrazine groups is 1. The lowest BCUT2D eigenvalue weighted by Crippen LogP contribution is -2.44. The zero-order valence-corrected chi connectivity index (χ0v) is 18.7. The first-order chi connectivity index (χ1) is 14.7. The molecular formula is C22H25N3O5S. The van der Waals surface area contributed by atoms with E-state index in [9.17, 15) is 14.4 Å². The van der Waals surface area contributed by atoms with E-state index in [0.29, 0.717) is 22.1 Å². The van der Waals surface area contributed by atoms with Crippen LogP contribution in [0.4, 0.5) is 0 Å². The first-order valence-electron chi connectivity index (χ1n) is 9.88. The van der Waals surface area contributed by atoms with Crippen molar-refractivity contribution in [2.24, 2.45) is 0 Å². The van der Waals surface area contributed by atoms with Crippen molar-refractivity contribution in [3.05, 3.63) is 51.2 Å². The number of fused-ring (bicyclic) bond motifs is 1. The predicted octanol–water partition coefficient (Wildman–Crippen LogP) is 3.11. The van der Waals surface area contributed by atoms with Crippen molar-refractivity contribution in [1.82, 2.24) is 15.8 Å². The molecular weight excluding hydrogens is 418 g/mol. The van der Waals surface area contributed by atoms with Crippen LogP contribution in [0, 0.1) is 13.8 Å². The third-order valence-electron chi connectivity index (χ3n) is 4.68. The van der Waals surface area contributed by atoms with Crippen molar-refractivity contribution in [3.63, 3.8) is 0 Å².